The van der Waals surface area contributed by atoms with Gasteiger partial charge in [-0.1, -0.05) is 40.8 Å². The SMILES string of the molecule is O=C(N/C=C/I)c1ccccc1. The molecule has 0 aliphatic carbocycles. The quantitative estimate of drug-likeness (QED) is 0.823. The van der Waals surface area contributed by atoms with Gasteiger partial charge in [0.15, 0.2) is 0 Å². The molecule has 0 aliphatic rings. The van der Waals surface area contributed by atoms with Crippen molar-refractivity contribution in [2.24, 2.45) is 0 Å². The maximum absolute atomic E-state index is 11.2. The number of halogens is 1. The summed E-state index contributed by atoms with van der Waals surface area (Å²) in [5.41, 5.74) is 0.673. The molecule has 0 saturated carbocycles. The van der Waals surface area contributed by atoms with Crippen molar-refractivity contribution in [3.63, 3.8) is 0 Å². The van der Waals surface area contributed by atoms with E-state index in [-0.39, 0.29) is 5.91 Å². The van der Waals surface area contributed by atoms with Gasteiger partial charge in [0.1, 0.15) is 0 Å². The molecule has 1 amide bonds. The van der Waals surface area contributed by atoms with Gasteiger partial charge >= 0.3 is 0 Å². The number of nitrogens with one attached hydrogen (secondary N) is 1. The Kier molecular flexibility index (Phi) is 3.79. The Morgan fingerprint density at radius 2 is 2.00 bits per heavy atom. The van der Waals surface area contributed by atoms with Crippen molar-refractivity contribution in [2.45, 2.75) is 0 Å². The van der Waals surface area contributed by atoms with Crippen LogP contribution in [0.15, 0.2) is 40.6 Å². The third kappa shape index (κ3) is 2.65. The second-order valence-corrected chi connectivity index (χ2v) is 2.85. The Balaban J connectivity index is 2.66. The molecule has 2 nitrogen and oxygen atoms in total. The van der Waals surface area contributed by atoms with Gasteiger partial charge in [-0.3, -0.25) is 4.79 Å². The second kappa shape index (κ2) is 4.92. The first-order chi connectivity index (χ1) is 5.84. The molecule has 3 heteroatoms. The van der Waals surface area contributed by atoms with Crippen LogP contribution in [0.3, 0.4) is 0 Å². The molecule has 0 saturated heterocycles. The largest absolute Gasteiger partial charge is 0.328 e. The van der Waals surface area contributed by atoms with E-state index < -0.39 is 0 Å². The highest BCUT2D eigenvalue weighted by atomic mass is 127. The van der Waals surface area contributed by atoms with E-state index in [1.54, 1.807) is 22.4 Å². The molecule has 0 fully saturated rings. The van der Waals surface area contributed by atoms with E-state index in [1.807, 2.05) is 40.8 Å². The van der Waals surface area contributed by atoms with Gasteiger partial charge in [0.05, 0.1) is 0 Å². The van der Waals surface area contributed by atoms with Gasteiger partial charge in [0.2, 0.25) is 0 Å². The summed E-state index contributed by atoms with van der Waals surface area (Å²) in [5.74, 6) is -0.0801. The van der Waals surface area contributed by atoms with Gasteiger partial charge in [0, 0.05) is 11.8 Å². The molecular formula is C9H8INO. The molecular weight excluding hydrogens is 265 g/mol. The third-order valence-electron chi connectivity index (χ3n) is 1.31. The predicted octanol–water partition coefficient (Wildman–Crippen LogP) is 2.32. The van der Waals surface area contributed by atoms with E-state index in [9.17, 15) is 4.79 Å². The Morgan fingerprint density at radius 3 is 2.58 bits per heavy atom. The summed E-state index contributed by atoms with van der Waals surface area (Å²) >= 11 is 2.04. The van der Waals surface area contributed by atoms with Gasteiger partial charge in [-0.05, 0) is 16.2 Å². The lowest BCUT2D eigenvalue weighted by Gasteiger charge is -1.97. The molecule has 0 atom stereocenters. The summed E-state index contributed by atoms with van der Waals surface area (Å²) in [6.45, 7) is 0. The van der Waals surface area contributed by atoms with Crippen LogP contribution < -0.4 is 5.32 Å². The first-order valence-corrected chi connectivity index (χ1v) is 4.70. The van der Waals surface area contributed by atoms with Crippen molar-refractivity contribution in [3.8, 4) is 0 Å². The number of benzene rings is 1. The van der Waals surface area contributed by atoms with E-state index in [2.05, 4.69) is 5.32 Å². The number of hydrogen-bond acceptors (Lipinski definition) is 1. The molecule has 0 heterocycles. The van der Waals surface area contributed by atoms with Crippen molar-refractivity contribution in [1.82, 2.24) is 5.32 Å². The fourth-order valence-electron chi connectivity index (χ4n) is 0.780. The smallest absolute Gasteiger partial charge is 0.255 e. The third-order valence-corrected chi connectivity index (χ3v) is 1.67. The van der Waals surface area contributed by atoms with E-state index in [1.165, 1.54) is 0 Å². The minimum atomic E-state index is -0.0801. The zero-order valence-corrected chi connectivity index (χ0v) is 8.49. The summed E-state index contributed by atoms with van der Waals surface area (Å²) in [4.78, 5) is 11.2. The number of carbonyl (C=O) groups is 1. The highest BCUT2D eigenvalue weighted by Crippen LogP contribution is 1.97. The highest BCUT2D eigenvalue weighted by Gasteiger charge is 1.99. The molecule has 0 spiro atoms. The van der Waals surface area contributed by atoms with Crippen molar-refractivity contribution < 1.29 is 4.79 Å². The molecule has 1 rings (SSSR count). The van der Waals surface area contributed by atoms with Crippen LogP contribution in [-0.4, -0.2) is 5.91 Å². The zero-order chi connectivity index (χ0) is 8.81. The summed E-state index contributed by atoms with van der Waals surface area (Å²) < 4.78 is 1.75. The molecule has 0 aromatic heterocycles. The number of carbonyl (C=O) groups excluding carboxylic acids is 1. The van der Waals surface area contributed by atoms with Gasteiger partial charge in [-0.25, -0.2) is 0 Å². The summed E-state index contributed by atoms with van der Waals surface area (Å²) in [7, 11) is 0. The van der Waals surface area contributed by atoms with Crippen LogP contribution in [0, 0.1) is 0 Å². The molecule has 12 heavy (non-hydrogen) atoms. The molecule has 1 N–H and O–H groups in total. The molecule has 0 aliphatic heterocycles. The first-order valence-electron chi connectivity index (χ1n) is 3.46. The van der Waals surface area contributed by atoms with Crippen molar-refractivity contribution in [1.29, 1.82) is 0 Å². The van der Waals surface area contributed by atoms with Gasteiger partial charge < -0.3 is 5.32 Å². The van der Waals surface area contributed by atoms with Crippen molar-refractivity contribution in [3.05, 3.63) is 46.2 Å². The lowest BCUT2D eigenvalue weighted by atomic mass is 10.2. The number of rotatable bonds is 2. The molecule has 0 radical (unpaired) electrons. The Labute approximate surface area is 84.8 Å². The summed E-state index contributed by atoms with van der Waals surface area (Å²) in [6.07, 6.45) is 1.61. The lowest BCUT2D eigenvalue weighted by Crippen LogP contribution is -2.16. The number of amides is 1. The molecule has 1 aromatic carbocycles. The Bertz CT molecular complexity index is 282. The van der Waals surface area contributed by atoms with E-state index in [4.69, 9.17) is 0 Å². The van der Waals surface area contributed by atoms with Gasteiger partial charge in [-0.15, -0.1) is 0 Å². The molecule has 0 unspecified atom stereocenters. The van der Waals surface area contributed by atoms with Crippen LogP contribution in [0.1, 0.15) is 10.4 Å². The molecule has 1 aromatic rings. The average Bonchev–Trinajstić information content (AvgIpc) is 2.15. The zero-order valence-electron chi connectivity index (χ0n) is 6.33. The van der Waals surface area contributed by atoms with Crippen molar-refractivity contribution >= 4 is 28.5 Å². The Hall–Kier alpha value is -0.840. The molecule has 0 bridgehead atoms. The van der Waals surface area contributed by atoms with Crippen LogP contribution in [0.25, 0.3) is 0 Å². The highest BCUT2D eigenvalue weighted by molar-refractivity contribution is 14.1. The minimum Gasteiger partial charge on any atom is -0.328 e. The summed E-state index contributed by atoms with van der Waals surface area (Å²) in [6, 6.07) is 9.10. The lowest BCUT2D eigenvalue weighted by molar-refractivity contribution is 0.0970. The fourth-order valence-corrected chi connectivity index (χ4v) is 0.960. The monoisotopic (exact) mass is 273 g/mol. The van der Waals surface area contributed by atoms with Crippen LogP contribution in [0.5, 0.6) is 0 Å². The molecule has 62 valence electrons. The maximum atomic E-state index is 11.2. The minimum absolute atomic E-state index is 0.0801. The maximum Gasteiger partial charge on any atom is 0.255 e. The van der Waals surface area contributed by atoms with Crippen LogP contribution in [0.4, 0.5) is 0 Å². The van der Waals surface area contributed by atoms with E-state index in [0.717, 1.165) is 0 Å². The predicted molar refractivity (Wildman–Crippen MR) is 57.1 cm³/mol. The van der Waals surface area contributed by atoms with Crippen LogP contribution >= 0.6 is 22.6 Å². The summed E-state index contributed by atoms with van der Waals surface area (Å²) in [5, 5.41) is 2.62. The van der Waals surface area contributed by atoms with Crippen molar-refractivity contribution in [2.75, 3.05) is 0 Å². The van der Waals surface area contributed by atoms with Gasteiger partial charge in [-0.2, -0.15) is 0 Å². The Morgan fingerprint density at radius 1 is 1.33 bits per heavy atom. The average molecular weight is 273 g/mol. The van der Waals surface area contributed by atoms with E-state index >= 15 is 0 Å². The van der Waals surface area contributed by atoms with E-state index in [0.29, 0.717) is 5.56 Å². The van der Waals surface area contributed by atoms with Crippen LogP contribution in [-0.2, 0) is 0 Å². The first kappa shape index (κ1) is 9.25. The number of hydrogen-bond donors (Lipinski definition) is 1. The van der Waals surface area contributed by atoms with Gasteiger partial charge in [0.25, 0.3) is 5.91 Å². The van der Waals surface area contributed by atoms with Crippen LogP contribution in [0.2, 0.25) is 0 Å². The normalized spacial score (nSPS) is 10.1. The fraction of sp³-hybridized carbons (Fsp3) is 0. The standard InChI is InChI=1S/C9H8INO/c10-6-7-11-9(12)8-4-2-1-3-5-8/h1-7H,(H,11,12)/b7-6+. The second-order valence-electron chi connectivity index (χ2n) is 2.13. The topological polar surface area (TPSA) is 29.1 Å².